The standard InChI is InChI=1S/C44H53F3N4O7/c1-28(2)21-35(51(8)42(55)58-43(4,5)6)40(53)50(7)36(24-44(45,46)47)39(52)49-33(23-30-15-11-9-12-16-30)27-56-37-20-19-32-25-48-29(3)22-34(32)38(37)41(54)57-26-31-17-13-10-14-18-31/h9-20,22,25,28,33,35-36H,21,23-24,26-27H2,1-8H3,(H,49,52)/t33-,35+,36-/m1/s1. The number of aromatic nitrogens is 1. The Bertz CT molecular complexity index is 2020. The number of carbonyl (C=O) groups excluding carboxylic acids is 4. The minimum Gasteiger partial charge on any atom is -0.491 e. The first-order valence-electron chi connectivity index (χ1n) is 19.1. The van der Waals surface area contributed by atoms with E-state index in [9.17, 15) is 32.3 Å². The second-order valence-electron chi connectivity index (χ2n) is 15.8. The smallest absolute Gasteiger partial charge is 0.410 e. The summed E-state index contributed by atoms with van der Waals surface area (Å²) in [6, 6.07) is 18.9. The Hall–Kier alpha value is -5.66. The molecule has 1 N–H and O–H groups in total. The lowest BCUT2D eigenvalue weighted by molar-refractivity contribution is -0.163. The van der Waals surface area contributed by atoms with Gasteiger partial charge in [-0.2, -0.15) is 13.2 Å². The number of nitrogens with one attached hydrogen (secondary N) is 1. The summed E-state index contributed by atoms with van der Waals surface area (Å²) in [6.45, 7) is 10.1. The Morgan fingerprint density at radius 1 is 0.845 bits per heavy atom. The SMILES string of the molecule is Cc1cc2c(C(=O)OCc3ccccc3)c(OC[C@@H](Cc3ccccc3)NC(=O)[C@@H](CC(F)(F)F)N(C)C(=O)[C@H](CC(C)C)N(C)C(=O)OC(C)(C)C)ccc2cn1. The zero-order valence-electron chi connectivity index (χ0n) is 34.3. The number of fused-ring (bicyclic) bond motifs is 1. The average Bonchev–Trinajstić information content (AvgIpc) is 3.15. The van der Waals surface area contributed by atoms with E-state index in [-0.39, 0.29) is 43.3 Å². The number of hydrogen-bond acceptors (Lipinski definition) is 8. The number of hydrogen-bond donors (Lipinski definition) is 1. The number of amides is 3. The molecule has 0 fully saturated rings. The molecule has 3 atom stereocenters. The highest BCUT2D eigenvalue weighted by Gasteiger charge is 2.42. The monoisotopic (exact) mass is 806 g/mol. The lowest BCUT2D eigenvalue weighted by Gasteiger charge is -2.36. The number of rotatable bonds is 16. The molecule has 0 spiro atoms. The van der Waals surface area contributed by atoms with E-state index in [1.54, 1.807) is 96.3 Å². The van der Waals surface area contributed by atoms with Crippen molar-refractivity contribution in [2.45, 2.75) is 97.3 Å². The van der Waals surface area contributed by atoms with Gasteiger partial charge < -0.3 is 24.4 Å². The number of alkyl halides is 3. The van der Waals surface area contributed by atoms with Gasteiger partial charge in [-0.3, -0.25) is 19.5 Å². The molecule has 4 rings (SSSR count). The third-order valence-corrected chi connectivity index (χ3v) is 9.20. The number of pyridine rings is 1. The van der Waals surface area contributed by atoms with E-state index in [2.05, 4.69) is 10.3 Å². The maximum Gasteiger partial charge on any atom is 0.410 e. The molecule has 11 nitrogen and oxygen atoms in total. The van der Waals surface area contributed by atoms with Gasteiger partial charge in [-0.1, -0.05) is 74.5 Å². The Labute approximate surface area is 337 Å². The van der Waals surface area contributed by atoms with E-state index in [1.165, 1.54) is 7.05 Å². The molecule has 0 aliphatic carbocycles. The van der Waals surface area contributed by atoms with Crippen molar-refractivity contribution < 1.29 is 46.6 Å². The summed E-state index contributed by atoms with van der Waals surface area (Å²) in [5, 5.41) is 3.88. The zero-order chi connectivity index (χ0) is 42.8. The van der Waals surface area contributed by atoms with Crippen LogP contribution in [0.5, 0.6) is 5.75 Å². The Morgan fingerprint density at radius 2 is 1.47 bits per heavy atom. The molecule has 312 valence electrons. The van der Waals surface area contributed by atoms with Gasteiger partial charge in [-0.25, -0.2) is 9.59 Å². The molecular formula is C44H53F3N4O7. The van der Waals surface area contributed by atoms with Crippen molar-refractivity contribution in [3.05, 3.63) is 107 Å². The highest BCUT2D eigenvalue weighted by Crippen LogP contribution is 2.31. The number of aryl methyl sites for hydroxylation is 1. The van der Waals surface area contributed by atoms with Crippen molar-refractivity contribution in [1.29, 1.82) is 0 Å². The summed E-state index contributed by atoms with van der Waals surface area (Å²) in [4.78, 5) is 61.0. The predicted molar refractivity (Wildman–Crippen MR) is 214 cm³/mol. The van der Waals surface area contributed by atoms with Crippen LogP contribution in [0, 0.1) is 12.8 Å². The van der Waals surface area contributed by atoms with Gasteiger partial charge in [0.2, 0.25) is 11.8 Å². The summed E-state index contributed by atoms with van der Waals surface area (Å²) < 4.78 is 60.0. The third kappa shape index (κ3) is 13.2. The van der Waals surface area contributed by atoms with Crippen LogP contribution in [0.25, 0.3) is 10.8 Å². The molecule has 0 unspecified atom stereocenters. The van der Waals surface area contributed by atoms with E-state index in [1.807, 2.05) is 30.3 Å². The number of carbonyl (C=O) groups is 4. The maximum atomic E-state index is 14.2. The van der Waals surface area contributed by atoms with Gasteiger partial charge >= 0.3 is 18.2 Å². The van der Waals surface area contributed by atoms with Crippen LogP contribution in [0.2, 0.25) is 0 Å². The van der Waals surface area contributed by atoms with Crippen molar-refractivity contribution in [1.82, 2.24) is 20.1 Å². The highest BCUT2D eigenvalue weighted by molar-refractivity contribution is 6.07. The van der Waals surface area contributed by atoms with Crippen LogP contribution in [0.1, 0.15) is 74.6 Å². The third-order valence-electron chi connectivity index (χ3n) is 9.20. The molecule has 0 bridgehead atoms. The van der Waals surface area contributed by atoms with Gasteiger partial charge in [0, 0.05) is 36.8 Å². The second kappa shape index (κ2) is 19.7. The molecule has 3 amide bonds. The number of ether oxygens (including phenoxy) is 3. The quantitative estimate of drug-likeness (QED) is 0.113. The van der Waals surface area contributed by atoms with Gasteiger partial charge in [0.25, 0.3) is 0 Å². The summed E-state index contributed by atoms with van der Waals surface area (Å²) in [5.41, 5.74) is 1.37. The van der Waals surface area contributed by atoms with Crippen LogP contribution in [0.3, 0.4) is 0 Å². The Morgan fingerprint density at radius 3 is 2.05 bits per heavy atom. The molecule has 0 aliphatic heterocycles. The largest absolute Gasteiger partial charge is 0.491 e. The molecular weight excluding hydrogens is 753 g/mol. The van der Waals surface area contributed by atoms with Crippen LogP contribution in [0.15, 0.2) is 85.1 Å². The van der Waals surface area contributed by atoms with Crippen LogP contribution in [0.4, 0.5) is 18.0 Å². The molecule has 0 aliphatic rings. The van der Waals surface area contributed by atoms with E-state index >= 15 is 0 Å². The Kier molecular flexibility index (Phi) is 15.3. The maximum absolute atomic E-state index is 14.2. The van der Waals surface area contributed by atoms with Gasteiger partial charge in [-0.05, 0) is 75.8 Å². The fraction of sp³-hybridized carbons (Fsp3) is 0.432. The summed E-state index contributed by atoms with van der Waals surface area (Å²) in [7, 11) is 2.46. The van der Waals surface area contributed by atoms with Crippen molar-refractivity contribution in [3.63, 3.8) is 0 Å². The second-order valence-corrected chi connectivity index (χ2v) is 15.8. The lowest BCUT2D eigenvalue weighted by Crippen LogP contribution is -2.57. The molecule has 0 radical (unpaired) electrons. The molecule has 1 heterocycles. The van der Waals surface area contributed by atoms with E-state index < -0.39 is 60.2 Å². The van der Waals surface area contributed by atoms with Crippen LogP contribution in [-0.2, 0) is 32.1 Å². The fourth-order valence-electron chi connectivity index (χ4n) is 6.31. The van der Waals surface area contributed by atoms with Crippen molar-refractivity contribution in [2.24, 2.45) is 5.92 Å². The van der Waals surface area contributed by atoms with Crippen molar-refractivity contribution >= 4 is 34.6 Å². The number of likely N-dealkylation sites (N-methyl/N-ethyl adjacent to an activating group) is 2. The van der Waals surface area contributed by atoms with Crippen LogP contribution >= 0.6 is 0 Å². The van der Waals surface area contributed by atoms with Crippen molar-refractivity contribution in [2.75, 3.05) is 20.7 Å². The lowest BCUT2D eigenvalue weighted by atomic mass is 10.00. The van der Waals surface area contributed by atoms with Crippen LogP contribution < -0.4 is 10.1 Å². The molecule has 0 saturated carbocycles. The summed E-state index contributed by atoms with van der Waals surface area (Å²) in [6.07, 6.45) is -5.48. The first-order valence-corrected chi connectivity index (χ1v) is 19.1. The summed E-state index contributed by atoms with van der Waals surface area (Å²) in [5.74, 6) is -2.63. The predicted octanol–water partition coefficient (Wildman–Crippen LogP) is 8.07. The van der Waals surface area contributed by atoms with E-state index in [0.717, 1.165) is 28.0 Å². The van der Waals surface area contributed by atoms with Crippen LogP contribution in [-0.4, -0.2) is 89.3 Å². The number of benzene rings is 3. The van der Waals surface area contributed by atoms with Gasteiger partial charge in [0.05, 0.1) is 12.5 Å². The normalized spacial score (nSPS) is 13.3. The molecule has 3 aromatic carbocycles. The number of halogens is 3. The summed E-state index contributed by atoms with van der Waals surface area (Å²) >= 11 is 0. The first kappa shape index (κ1) is 45.0. The van der Waals surface area contributed by atoms with Gasteiger partial charge in [0.15, 0.2) is 0 Å². The molecule has 14 heteroatoms. The molecule has 0 saturated heterocycles. The molecule has 4 aromatic rings. The zero-order valence-corrected chi connectivity index (χ0v) is 34.3. The minimum absolute atomic E-state index is 0.00925. The van der Waals surface area contributed by atoms with Gasteiger partial charge in [0.1, 0.15) is 42.2 Å². The number of nitrogens with zero attached hydrogens (tertiary/aromatic N) is 3. The number of esters is 1. The minimum atomic E-state index is -4.85. The fourth-order valence-corrected chi connectivity index (χ4v) is 6.31. The van der Waals surface area contributed by atoms with Crippen molar-refractivity contribution in [3.8, 4) is 5.75 Å². The molecule has 58 heavy (non-hydrogen) atoms. The topological polar surface area (TPSA) is 127 Å². The van der Waals surface area contributed by atoms with E-state index in [0.29, 0.717) is 16.5 Å². The van der Waals surface area contributed by atoms with E-state index in [4.69, 9.17) is 14.2 Å². The van der Waals surface area contributed by atoms with Gasteiger partial charge in [-0.15, -0.1) is 0 Å². The molecule has 1 aromatic heterocycles. The first-order chi connectivity index (χ1) is 27.2. The average molecular weight is 807 g/mol. The Balaban J connectivity index is 1.66. The highest BCUT2D eigenvalue weighted by atomic mass is 19.4.